The summed E-state index contributed by atoms with van der Waals surface area (Å²) in [6.07, 6.45) is 0. The first kappa shape index (κ1) is 11.7. The molecule has 0 radical (unpaired) electrons. The van der Waals surface area contributed by atoms with Gasteiger partial charge in [0.05, 0.1) is 5.52 Å². The summed E-state index contributed by atoms with van der Waals surface area (Å²) in [4.78, 5) is 29.7. The van der Waals surface area contributed by atoms with Crippen molar-refractivity contribution in [2.24, 2.45) is 0 Å². The predicted octanol–water partition coefficient (Wildman–Crippen LogP) is 1.72. The zero-order valence-electron chi connectivity index (χ0n) is 10.5. The summed E-state index contributed by atoms with van der Waals surface area (Å²) >= 11 is 0. The third-order valence-corrected chi connectivity index (χ3v) is 2.87. The van der Waals surface area contributed by atoms with Gasteiger partial charge in [-0.2, -0.15) is 0 Å². The van der Waals surface area contributed by atoms with Crippen LogP contribution >= 0.6 is 0 Å². The quantitative estimate of drug-likeness (QED) is 0.832. The molecule has 0 saturated heterocycles. The summed E-state index contributed by atoms with van der Waals surface area (Å²) in [5, 5.41) is 0. The Hall–Kier alpha value is -1.78. The monoisotopic (exact) mass is 235 g/mol. The van der Waals surface area contributed by atoms with Crippen LogP contribution in [0.25, 0.3) is 11.0 Å². The van der Waals surface area contributed by atoms with Gasteiger partial charge < -0.3 is 9.97 Å². The maximum Gasteiger partial charge on any atom is 0.329 e. The number of nitrogens with zero attached hydrogens (tertiary/aromatic N) is 1. The summed E-state index contributed by atoms with van der Waals surface area (Å²) in [5.74, 6) is 0.290. The second-order valence-corrected chi connectivity index (χ2v) is 4.87. The molecule has 5 nitrogen and oxygen atoms in total. The number of aromatic amines is 2. The molecule has 0 aliphatic carbocycles. The average Bonchev–Trinajstić information content (AvgIpc) is 2.60. The minimum atomic E-state index is -0.355. The van der Waals surface area contributed by atoms with Crippen molar-refractivity contribution in [3.8, 4) is 0 Å². The molecule has 92 valence electrons. The van der Waals surface area contributed by atoms with Gasteiger partial charge in [-0.3, -0.25) is 9.36 Å². The highest BCUT2D eigenvalue weighted by Gasteiger charge is 2.13. The molecule has 0 fully saturated rings. The van der Waals surface area contributed by atoms with Crippen molar-refractivity contribution >= 4 is 11.0 Å². The molecule has 0 spiro atoms. The number of rotatable bonds is 2. The van der Waals surface area contributed by atoms with E-state index in [-0.39, 0.29) is 23.2 Å². The fourth-order valence-corrected chi connectivity index (χ4v) is 1.91. The lowest BCUT2D eigenvalue weighted by Crippen LogP contribution is -2.36. The Balaban J connectivity index is 2.84. The van der Waals surface area contributed by atoms with E-state index in [4.69, 9.17) is 0 Å². The molecule has 0 aliphatic rings. The van der Waals surface area contributed by atoms with Crippen molar-refractivity contribution in [2.75, 3.05) is 0 Å². The number of aromatic nitrogens is 3. The minimum Gasteiger partial charge on any atom is -0.352 e. The third kappa shape index (κ3) is 1.81. The van der Waals surface area contributed by atoms with E-state index in [9.17, 15) is 9.59 Å². The largest absolute Gasteiger partial charge is 0.352 e. The fraction of sp³-hybridized carbons (Fsp3) is 0.500. The molecule has 0 atom stereocenters. The van der Waals surface area contributed by atoms with Crippen LogP contribution in [0.15, 0.2) is 15.7 Å². The molecule has 0 bridgehead atoms. The van der Waals surface area contributed by atoms with Gasteiger partial charge in [0.25, 0.3) is 5.56 Å². The smallest absolute Gasteiger partial charge is 0.329 e. The van der Waals surface area contributed by atoms with E-state index in [1.807, 2.05) is 33.8 Å². The molecule has 2 aromatic rings. The lowest BCUT2D eigenvalue weighted by molar-refractivity contribution is 0.551. The third-order valence-electron chi connectivity index (χ3n) is 2.87. The predicted molar refractivity (Wildman–Crippen MR) is 67.7 cm³/mol. The molecule has 2 aromatic heterocycles. The summed E-state index contributed by atoms with van der Waals surface area (Å²) < 4.78 is 1.23. The highest BCUT2D eigenvalue weighted by atomic mass is 16.2. The fourth-order valence-electron chi connectivity index (χ4n) is 1.91. The molecule has 0 unspecified atom stereocenters. The van der Waals surface area contributed by atoms with Gasteiger partial charge in [0, 0.05) is 11.7 Å². The van der Waals surface area contributed by atoms with Crippen LogP contribution in [0, 0.1) is 0 Å². The number of hydrogen-bond acceptors (Lipinski definition) is 2. The van der Waals surface area contributed by atoms with E-state index in [2.05, 4.69) is 9.97 Å². The van der Waals surface area contributed by atoms with E-state index in [1.54, 1.807) is 0 Å². The van der Waals surface area contributed by atoms with Crippen LogP contribution in [0.4, 0.5) is 0 Å². The second kappa shape index (κ2) is 3.91. The van der Waals surface area contributed by atoms with E-state index in [1.165, 1.54) is 4.57 Å². The van der Waals surface area contributed by atoms with Crippen LogP contribution in [0.2, 0.25) is 0 Å². The molecular weight excluding hydrogens is 218 g/mol. The van der Waals surface area contributed by atoms with Gasteiger partial charge in [0.2, 0.25) is 0 Å². The number of H-pyrrole nitrogens is 2. The minimum absolute atomic E-state index is 0.151. The van der Waals surface area contributed by atoms with Crippen LogP contribution in [0.5, 0.6) is 0 Å². The van der Waals surface area contributed by atoms with Crippen molar-refractivity contribution < 1.29 is 0 Å². The van der Waals surface area contributed by atoms with Crippen LogP contribution in [0.1, 0.15) is 45.3 Å². The number of nitrogens with one attached hydrogen (secondary N) is 2. The molecule has 0 aliphatic heterocycles. The Kier molecular flexibility index (Phi) is 2.69. The van der Waals surface area contributed by atoms with Crippen LogP contribution in [0.3, 0.4) is 0 Å². The highest BCUT2D eigenvalue weighted by Crippen LogP contribution is 2.16. The zero-order valence-corrected chi connectivity index (χ0v) is 10.5. The van der Waals surface area contributed by atoms with E-state index < -0.39 is 0 Å². The molecule has 17 heavy (non-hydrogen) atoms. The normalized spacial score (nSPS) is 11.9. The van der Waals surface area contributed by atoms with Crippen molar-refractivity contribution in [3.05, 3.63) is 32.6 Å². The SMILES string of the molecule is CC(C)c1cc2[nH]c(=O)n(C(C)C)c(=O)c2[nH]1. The molecule has 2 N–H and O–H groups in total. The van der Waals surface area contributed by atoms with Gasteiger partial charge in [-0.15, -0.1) is 0 Å². The Morgan fingerprint density at radius 1 is 1.12 bits per heavy atom. The lowest BCUT2D eigenvalue weighted by Gasteiger charge is -2.07. The van der Waals surface area contributed by atoms with Gasteiger partial charge in [0.1, 0.15) is 5.52 Å². The maximum atomic E-state index is 12.1. The van der Waals surface area contributed by atoms with Crippen LogP contribution in [-0.4, -0.2) is 14.5 Å². The summed E-state index contributed by atoms with van der Waals surface area (Å²) in [6, 6.07) is 1.68. The van der Waals surface area contributed by atoms with Crippen molar-refractivity contribution in [1.29, 1.82) is 0 Å². The van der Waals surface area contributed by atoms with Crippen molar-refractivity contribution in [3.63, 3.8) is 0 Å². The first-order valence-corrected chi connectivity index (χ1v) is 5.79. The summed E-state index contributed by atoms with van der Waals surface area (Å²) in [5.41, 5.74) is 1.40. The van der Waals surface area contributed by atoms with Gasteiger partial charge in [-0.1, -0.05) is 13.8 Å². The van der Waals surface area contributed by atoms with Gasteiger partial charge >= 0.3 is 5.69 Å². The van der Waals surface area contributed by atoms with E-state index in [0.29, 0.717) is 11.0 Å². The Bertz CT molecular complexity index is 658. The maximum absolute atomic E-state index is 12.1. The molecule has 2 rings (SSSR count). The topological polar surface area (TPSA) is 70.7 Å². The van der Waals surface area contributed by atoms with Gasteiger partial charge in [-0.25, -0.2) is 4.79 Å². The van der Waals surface area contributed by atoms with Crippen LogP contribution in [-0.2, 0) is 0 Å². The molecular formula is C12H17N3O2. The van der Waals surface area contributed by atoms with Gasteiger partial charge in [0.15, 0.2) is 0 Å². The molecule has 0 aromatic carbocycles. The Morgan fingerprint density at radius 3 is 2.29 bits per heavy atom. The molecule has 0 amide bonds. The standard InChI is InChI=1S/C12H17N3O2/c1-6(2)8-5-9-10(13-8)11(16)15(7(3)4)12(17)14-9/h5-7,13H,1-4H3,(H,14,17). The average molecular weight is 235 g/mol. The summed E-state index contributed by atoms with van der Waals surface area (Å²) in [7, 11) is 0. The summed E-state index contributed by atoms with van der Waals surface area (Å²) in [6.45, 7) is 7.69. The van der Waals surface area contributed by atoms with Crippen molar-refractivity contribution in [2.45, 2.75) is 39.7 Å². The van der Waals surface area contributed by atoms with E-state index >= 15 is 0 Å². The highest BCUT2D eigenvalue weighted by molar-refractivity contribution is 5.74. The number of fused-ring (bicyclic) bond motifs is 1. The molecule has 0 saturated carbocycles. The zero-order chi connectivity index (χ0) is 12.7. The Morgan fingerprint density at radius 2 is 1.76 bits per heavy atom. The van der Waals surface area contributed by atoms with Gasteiger partial charge in [-0.05, 0) is 25.8 Å². The first-order chi connectivity index (χ1) is 7.91. The van der Waals surface area contributed by atoms with Crippen molar-refractivity contribution in [1.82, 2.24) is 14.5 Å². The number of hydrogen-bond donors (Lipinski definition) is 2. The lowest BCUT2D eigenvalue weighted by atomic mass is 10.1. The first-order valence-electron chi connectivity index (χ1n) is 5.79. The molecule has 5 heteroatoms. The van der Waals surface area contributed by atoms with E-state index in [0.717, 1.165) is 5.69 Å². The molecule has 2 heterocycles. The Labute approximate surface area is 98.5 Å². The second-order valence-electron chi connectivity index (χ2n) is 4.87. The van der Waals surface area contributed by atoms with Crippen LogP contribution < -0.4 is 11.2 Å².